The third kappa shape index (κ3) is 3.55. The van der Waals surface area contributed by atoms with Crippen LogP contribution in [0.25, 0.3) is 5.57 Å². The number of para-hydroxylation sites is 1. The van der Waals surface area contributed by atoms with Crippen LogP contribution in [-0.4, -0.2) is 23.7 Å². The topological polar surface area (TPSA) is 99.7 Å². The Morgan fingerprint density at radius 2 is 2.08 bits per heavy atom. The molecule has 7 heteroatoms. The van der Waals surface area contributed by atoms with E-state index in [4.69, 9.17) is 4.74 Å². The second-order valence-electron chi connectivity index (χ2n) is 5.28. The molecule has 25 heavy (non-hydrogen) atoms. The SMILES string of the molecule is CCOC(=O)Nc1ccc(N/C=C2\C(=O)Nc3ccccc32)cc1O. The van der Waals surface area contributed by atoms with Gasteiger partial charge in [-0.1, -0.05) is 18.2 Å². The Morgan fingerprint density at radius 3 is 2.84 bits per heavy atom. The van der Waals surface area contributed by atoms with Crippen molar-refractivity contribution in [3.63, 3.8) is 0 Å². The summed E-state index contributed by atoms with van der Waals surface area (Å²) in [5, 5.41) is 18.2. The van der Waals surface area contributed by atoms with E-state index in [1.165, 1.54) is 12.1 Å². The number of aromatic hydroxyl groups is 1. The van der Waals surface area contributed by atoms with Crippen molar-refractivity contribution in [2.75, 3.05) is 22.6 Å². The van der Waals surface area contributed by atoms with Gasteiger partial charge in [0.25, 0.3) is 5.91 Å². The van der Waals surface area contributed by atoms with E-state index in [2.05, 4.69) is 16.0 Å². The van der Waals surface area contributed by atoms with Crippen LogP contribution >= 0.6 is 0 Å². The zero-order valence-corrected chi connectivity index (χ0v) is 13.5. The number of phenolic OH excluding ortho intramolecular Hbond substituents is 1. The molecule has 0 radical (unpaired) electrons. The number of carbonyl (C=O) groups excluding carboxylic acids is 2. The van der Waals surface area contributed by atoms with Crippen molar-refractivity contribution in [1.29, 1.82) is 0 Å². The minimum Gasteiger partial charge on any atom is -0.506 e. The van der Waals surface area contributed by atoms with Gasteiger partial charge < -0.3 is 20.5 Å². The van der Waals surface area contributed by atoms with Crippen molar-refractivity contribution in [2.24, 2.45) is 0 Å². The van der Waals surface area contributed by atoms with E-state index in [1.54, 1.807) is 19.2 Å². The third-order valence-corrected chi connectivity index (χ3v) is 3.60. The minimum atomic E-state index is -0.639. The molecular formula is C18H17N3O4. The van der Waals surface area contributed by atoms with Crippen LogP contribution in [-0.2, 0) is 9.53 Å². The maximum atomic E-state index is 12.0. The maximum Gasteiger partial charge on any atom is 0.411 e. The average molecular weight is 339 g/mol. The van der Waals surface area contributed by atoms with Gasteiger partial charge >= 0.3 is 6.09 Å². The van der Waals surface area contributed by atoms with Gasteiger partial charge in [0.15, 0.2) is 0 Å². The lowest BCUT2D eigenvalue weighted by atomic mass is 10.1. The van der Waals surface area contributed by atoms with E-state index in [0.29, 0.717) is 11.3 Å². The van der Waals surface area contributed by atoms with Gasteiger partial charge in [-0.05, 0) is 25.1 Å². The first kappa shape index (κ1) is 16.4. The zero-order chi connectivity index (χ0) is 17.8. The molecule has 7 nitrogen and oxygen atoms in total. The van der Waals surface area contributed by atoms with Crippen molar-refractivity contribution in [1.82, 2.24) is 0 Å². The number of anilines is 3. The molecule has 0 saturated carbocycles. The van der Waals surface area contributed by atoms with Crippen LogP contribution in [0.3, 0.4) is 0 Å². The number of benzene rings is 2. The molecule has 1 aliphatic heterocycles. The van der Waals surface area contributed by atoms with E-state index < -0.39 is 6.09 Å². The summed E-state index contributed by atoms with van der Waals surface area (Å²) >= 11 is 0. The second-order valence-corrected chi connectivity index (χ2v) is 5.28. The fourth-order valence-electron chi connectivity index (χ4n) is 2.44. The summed E-state index contributed by atoms with van der Waals surface area (Å²) in [7, 11) is 0. The molecule has 0 fully saturated rings. The molecule has 0 aromatic heterocycles. The summed E-state index contributed by atoms with van der Waals surface area (Å²) in [5.41, 5.74) is 2.88. The van der Waals surface area contributed by atoms with Gasteiger partial charge in [-0.3, -0.25) is 10.1 Å². The molecule has 2 amide bonds. The fourth-order valence-corrected chi connectivity index (χ4v) is 2.44. The van der Waals surface area contributed by atoms with Crippen molar-refractivity contribution in [2.45, 2.75) is 6.92 Å². The summed E-state index contributed by atoms with van der Waals surface area (Å²) in [6, 6.07) is 12.0. The smallest absolute Gasteiger partial charge is 0.411 e. The molecular weight excluding hydrogens is 322 g/mol. The van der Waals surface area contributed by atoms with Gasteiger partial charge in [-0.2, -0.15) is 0 Å². The first-order valence-electron chi connectivity index (χ1n) is 7.72. The number of phenols is 1. The molecule has 0 spiro atoms. The Hall–Kier alpha value is -3.48. The van der Waals surface area contributed by atoms with Crippen molar-refractivity contribution >= 4 is 34.6 Å². The lowest BCUT2D eigenvalue weighted by Gasteiger charge is -2.09. The third-order valence-electron chi connectivity index (χ3n) is 3.60. The maximum absolute atomic E-state index is 12.0. The second kappa shape index (κ2) is 6.96. The van der Waals surface area contributed by atoms with Gasteiger partial charge in [0.05, 0.1) is 17.9 Å². The normalized spacial score (nSPS) is 14.0. The summed E-state index contributed by atoms with van der Waals surface area (Å²) in [4.78, 5) is 23.4. The number of fused-ring (bicyclic) bond motifs is 1. The van der Waals surface area contributed by atoms with E-state index in [-0.39, 0.29) is 24.0 Å². The van der Waals surface area contributed by atoms with Crippen LogP contribution in [0.1, 0.15) is 12.5 Å². The van der Waals surface area contributed by atoms with Gasteiger partial charge in [0.2, 0.25) is 0 Å². The van der Waals surface area contributed by atoms with Gasteiger partial charge in [0.1, 0.15) is 5.75 Å². The van der Waals surface area contributed by atoms with Crippen LogP contribution in [0, 0.1) is 0 Å². The quantitative estimate of drug-likeness (QED) is 0.505. The van der Waals surface area contributed by atoms with Crippen LogP contribution in [0.4, 0.5) is 21.9 Å². The number of amides is 2. The number of hydrogen-bond donors (Lipinski definition) is 4. The number of nitrogens with one attached hydrogen (secondary N) is 3. The van der Waals surface area contributed by atoms with Crippen LogP contribution < -0.4 is 16.0 Å². The Kier molecular flexibility index (Phi) is 4.56. The number of rotatable bonds is 4. The molecule has 0 unspecified atom stereocenters. The first-order chi connectivity index (χ1) is 12.1. The van der Waals surface area contributed by atoms with Gasteiger partial charge in [-0.15, -0.1) is 0 Å². The molecule has 128 valence electrons. The van der Waals surface area contributed by atoms with Crippen molar-refractivity contribution < 1.29 is 19.4 Å². The molecule has 4 N–H and O–H groups in total. The van der Waals surface area contributed by atoms with E-state index in [1.807, 2.05) is 24.3 Å². The number of ether oxygens (including phenoxy) is 1. The summed E-state index contributed by atoms with van der Waals surface area (Å²) in [6.45, 7) is 1.93. The molecule has 0 atom stereocenters. The predicted molar refractivity (Wildman–Crippen MR) is 95.4 cm³/mol. The molecule has 3 rings (SSSR count). The Labute approximate surface area is 144 Å². The monoisotopic (exact) mass is 339 g/mol. The van der Waals surface area contributed by atoms with Crippen molar-refractivity contribution in [3.8, 4) is 5.75 Å². The van der Waals surface area contributed by atoms with Crippen LogP contribution in [0.15, 0.2) is 48.7 Å². The van der Waals surface area contributed by atoms with Gasteiger partial charge in [-0.25, -0.2) is 4.79 Å². The average Bonchev–Trinajstić information content (AvgIpc) is 2.91. The highest BCUT2D eigenvalue weighted by atomic mass is 16.5. The molecule has 0 saturated heterocycles. The van der Waals surface area contributed by atoms with Crippen molar-refractivity contribution in [3.05, 3.63) is 54.2 Å². The van der Waals surface area contributed by atoms with Crippen LogP contribution in [0.5, 0.6) is 5.75 Å². The highest BCUT2D eigenvalue weighted by Crippen LogP contribution is 2.32. The Balaban J connectivity index is 1.75. The lowest BCUT2D eigenvalue weighted by molar-refractivity contribution is -0.110. The molecule has 1 aliphatic rings. The fraction of sp³-hybridized carbons (Fsp3) is 0.111. The summed E-state index contributed by atoms with van der Waals surface area (Å²) in [5.74, 6) is -0.314. The lowest BCUT2D eigenvalue weighted by Crippen LogP contribution is -2.13. The largest absolute Gasteiger partial charge is 0.506 e. The standard InChI is InChI=1S/C18H17N3O4/c1-2-25-18(24)21-15-8-7-11(9-16(15)22)19-10-13-12-5-3-4-6-14(12)20-17(13)23/h3-10,19,22H,2H2,1H3,(H,20,23)(H,21,24)/b13-10-. The first-order valence-corrected chi connectivity index (χ1v) is 7.72. The van der Waals surface area contributed by atoms with E-state index in [9.17, 15) is 14.7 Å². The highest BCUT2D eigenvalue weighted by molar-refractivity contribution is 6.31. The summed E-state index contributed by atoms with van der Waals surface area (Å²) in [6.07, 6.45) is 0.939. The molecule has 0 bridgehead atoms. The number of carbonyl (C=O) groups is 2. The number of hydrogen-bond acceptors (Lipinski definition) is 5. The molecule has 1 heterocycles. The summed E-state index contributed by atoms with van der Waals surface area (Å²) < 4.78 is 4.76. The highest BCUT2D eigenvalue weighted by Gasteiger charge is 2.23. The minimum absolute atomic E-state index is 0.118. The molecule has 2 aromatic carbocycles. The van der Waals surface area contributed by atoms with E-state index in [0.717, 1.165) is 11.3 Å². The van der Waals surface area contributed by atoms with Gasteiger partial charge in [0, 0.05) is 29.2 Å². The van der Waals surface area contributed by atoms with Crippen LogP contribution in [0.2, 0.25) is 0 Å². The van der Waals surface area contributed by atoms with E-state index >= 15 is 0 Å². The zero-order valence-electron chi connectivity index (χ0n) is 13.5. The molecule has 2 aromatic rings. The Bertz CT molecular complexity index is 861. The Morgan fingerprint density at radius 1 is 1.28 bits per heavy atom. The molecule has 0 aliphatic carbocycles. The predicted octanol–water partition coefficient (Wildman–Crippen LogP) is 3.37.